The van der Waals surface area contributed by atoms with Crippen LogP contribution in [0.15, 0.2) is 48.5 Å². The van der Waals surface area contributed by atoms with Crippen molar-refractivity contribution in [1.29, 1.82) is 0 Å². The van der Waals surface area contributed by atoms with Crippen LogP contribution in [0, 0.1) is 6.92 Å². The number of amides is 2. The molecule has 2 rings (SSSR count). The molecule has 0 radical (unpaired) electrons. The van der Waals surface area contributed by atoms with Crippen molar-refractivity contribution < 1.29 is 9.59 Å². The molecule has 0 aliphatic heterocycles. The highest BCUT2D eigenvalue weighted by molar-refractivity contribution is 6.31. The molecule has 1 unspecified atom stereocenters. The third-order valence-corrected chi connectivity index (χ3v) is 5.15. The number of halogens is 1. The average molecular weight is 401 g/mol. The Morgan fingerprint density at radius 1 is 1.07 bits per heavy atom. The molecule has 1 N–H and O–H groups in total. The van der Waals surface area contributed by atoms with Gasteiger partial charge in [0.25, 0.3) is 0 Å². The highest BCUT2D eigenvalue weighted by Gasteiger charge is 2.28. The monoisotopic (exact) mass is 400 g/mol. The van der Waals surface area contributed by atoms with Gasteiger partial charge >= 0.3 is 0 Å². The SMILES string of the molecule is CCNC(=O)C(CC)N(Cc1ccccc1Cl)C(=O)CCc1ccc(C)cc1. The Morgan fingerprint density at radius 2 is 1.75 bits per heavy atom. The second kappa shape index (κ2) is 10.9. The Bertz CT molecular complexity index is 789. The third-order valence-electron chi connectivity index (χ3n) is 4.78. The highest BCUT2D eigenvalue weighted by atomic mass is 35.5. The summed E-state index contributed by atoms with van der Waals surface area (Å²) in [4.78, 5) is 27.3. The van der Waals surface area contributed by atoms with Gasteiger partial charge in [-0.05, 0) is 43.9 Å². The summed E-state index contributed by atoms with van der Waals surface area (Å²) in [5, 5.41) is 3.45. The molecule has 5 heteroatoms. The molecule has 0 heterocycles. The number of hydrogen-bond donors (Lipinski definition) is 1. The fraction of sp³-hybridized carbons (Fsp3) is 0.391. The quantitative estimate of drug-likeness (QED) is 0.672. The van der Waals surface area contributed by atoms with Crippen LogP contribution in [0.5, 0.6) is 0 Å². The number of carbonyl (C=O) groups excluding carboxylic acids is 2. The fourth-order valence-electron chi connectivity index (χ4n) is 3.17. The van der Waals surface area contributed by atoms with Crippen molar-refractivity contribution in [2.45, 2.75) is 52.6 Å². The maximum atomic E-state index is 13.1. The second-order valence-electron chi connectivity index (χ2n) is 6.92. The molecule has 2 amide bonds. The maximum absolute atomic E-state index is 13.1. The van der Waals surface area contributed by atoms with Crippen molar-refractivity contribution in [2.75, 3.05) is 6.54 Å². The summed E-state index contributed by atoms with van der Waals surface area (Å²) in [6.45, 7) is 6.70. The van der Waals surface area contributed by atoms with Crippen molar-refractivity contribution in [2.24, 2.45) is 0 Å². The first-order chi connectivity index (χ1) is 13.5. The molecule has 0 bridgehead atoms. The molecule has 0 aliphatic rings. The Morgan fingerprint density at radius 3 is 2.36 bits per heavy atom. The summed E-state index contributed by atoms with van der Waals surface area (Å²) >= 11 is 6.31. The minimum Gasteiger partial charge on any atom is -0.355 e. The van der Waals surface area contributed by atoms with Gasteiger partial charge in [0.15, 0.2) is 0 Å². The van der Waals surface area contributed by atoms with E-state index >= 15 is 0 Å². The van der Waals surface area contributed by atoms with Crippen LogP contribution < -0.4 is 5.32 Å². The zero-order valence-corrected chi connectivity index (χ0v) is 17.6. The number of nitrogens with zero attached hydrogens (tertiary/aromatic N) is 1. The number of likely N-dealkylation sites (N-methyl/N-ethyl adjacent to an activating group) is 1. The molecule has 2 aromatic carbocycles. The lowest BCUT2D eigenvalue weighted by atomic mass is 10.1. The predicted molar refractivity (Wildman–Crippen MR) is 114 cm³/mol. The first-order valence-electron chi connectivity index (χ1n) is 9.82. The van der Waals surface area contributed by atoms with Crippen LogP contribution in [0.2, 0.25) is 5.02 Å². The zero-order chi connectivity index (χ0) is 20.5. The Balaban J connectivity index is 2.20. The molecule has 4 nitrogen and oxygen atoms in total. The van der Waals surface area contributed by atoms with E-state index in [9.17, 15) is 9.59 Å². The van der Waals surface area contributed by atoms with Gasteiger partial charge in [-0.2, -0.15) is 0 Å². The summed E-state index contributed by atoms with van der Waals surface area (Å²) < 4.78 is 0. The van der Waals surface area contributed by atoms with E-state index in [1.165, 1.54) is 5.56 Å². The van der Waals surface area contributed by atoms with Crippen LogP contribution in [-0.2, 0) is 22.6 Å². The lowest BCUT2D eigenvalue weighted by molar-refractivity contribution is -0.141. The summed E-state index contributed by atoms with van der Waals surface area (Å²) in [5.41, 5.74) is 3.15. The van der Waals surface area contributed by atoms with E-state index in [1.54, 1.807) is 11.0 Å². The zero-order valence-electron chi connectivity index (χ0n) is 16.9. The van der Waals surface area contributed by atoms with Crippen LogP contribution in [0.1, 0.15) is 43.4 Å². The van der Waals surface area contributed by atoms with E-state index in [4.69, 9.17) is 11.6 Å². The van der Waals surface area contributed by atoms with Crippen LogP contribution >= 0.6 is 11.6 Å². The largest absolute Gasteiger partial charge is 0.355 e. The Hall–Kier alpha value is -2.33. The molecule has 150 valence electrons. The van der Waals surface area contributed by atoms with Gasteiger partial charge in [-0.25, -0.2) is 0 Å². The topological polar surface area (TPSA) is 49.4 Å². The maximum Gasteiger partial charge on any atom is 0.242 e. The van der Waals surface area contributed by atoms with Gasteiger partial charge in [0.05, 0.1) is 0 Å². The molecule has 28 heavy (non-hydrogen) atoms. The Kier molecular flexibility index (Phi) is 8.52. The summed E-state index contributed by atoms with van der Waals surface area (Å²) in [6, 6.07) is 15.1. The van der Waals surface area contributed by atoms with Gasteiger partial charge in [0.2, 0.25) is 11.8 Å². The fourth-order valence-corrected chi connectivity index (χ4v) is 3.37. The third kappa shape index (κ3) is 6.10. The first-order valence-corrected chi connectivity index (χ1v) is 10.2. The average Bonchev–Trinajstić information content (AvgIpc) is 2.69. The Labute approximate surface area is 172 Å². The summed E-state index contributed by atoms with van der Waals surface area (Å²) in [6.07, 6.45) is 1.54. The van der Waals surface area contributed by atoms with Gasteiger partial charge in [-0.15, -0.1) is 0 Å². The predicted octanol–water partition coefficient (Wildman–Crippen LogP) is 4.52. The number of nitrogens with one attached hydrogen (secondary N) is 1. The summed E-state index contributed by atoms with van der Waals surface area (Å²) in [5.74, 6) is -0.167. The van der Waals surface area contributed by atoms with E-state index in [-0.39, 0.29) is 11.8 Å². The molecule has 2 aromatic rings. The molecule has 0 saturated heterocycles. The molecule has 0 spiro atoms. The number of benzene rings is 2. The van der Waals surface area contributed by atoms with Gasteiger partial charge in [0.1, 0.15) is 6.04 Å². The molecule has 0 aliphatic carbocycles. The minimum absolute atomic E-state index is 0.0430. The van der Waals surface area contributed by atoms with E-state index < -0.39 is 6.04 Å². The van der Waals surface area contributed by atoms with Gasteiger partial charge < -0.3 is 10.2 Å². The lowest BCUT2D eigenvalue weighted by Gasteiger charge is -2.31. The van der Waals surface area contributed by atoms with Gasteiger partial charge in [-0.3, -0.25) is 9.59 Å². The lowest BCUT2D eigenvalue weighted by Crippen LogP contribution is -2.49. The number of carbonyl (C=O) groups is 2. The number of aryl methyl sites for hydroxylation is 2. The van der Waals surface area contributed by atoms with E-state index in [0.29, 0.717) is 37.4 Å². The second-order valence-corrected chi connectivity index (χ2v) is 7.32. The molecule has 0 saturated carbocycles. The van der Waals surface area contributed by atoms with Crippen molar-refractivity contribution >= 4 is 23.4 Å². The van der Waals surface area contributed by atoms with Crippen LogP contribution in [0.25, 0.3) is 0 Å². The molecule has 1 atom stereocenters. The van der Waals surface area contributed by atoms with Gasteiger partial charge in [-0.1, -0.05) is 66.6 Å². The van der Waals surface area contributed by atoms with Crippen LogP contribution in [0.4, 0.5) is 0 Å². The molecule has 0 aromatic heterocycles. The van der Waals surface area contributed by atoms with Crippen LogP contribution in [0.3, 0.4) is 0 Å². The van der Waals surface area contributed by atoms with Crippen molar-refractivity contribution in [3.8, 4) is 0 Å². The van der Waals surface area contributed by atoms with E-state index in [0.717, 1.165) is 11.1 Å². The van der Waals surface area contributed by atoms with Gasteiger partial charge in [0, 0.05) is 24.5 Å². The van der Waals surface area contributed by atoms with Crippen molar-refractivity contribution in [3.63, 3.8) is 0 Å². The van der Waals surface area contributed by atoms with Crippen LogP contribution in [-0.4, -0.2) is 29.3 Å². The highest BCUT2D eigenvalue weighted by Crippen LogP contribution is 2.20. The number of rotatable bonds is 9. The smallest absolute Gasteiger partial charge is 0.242 e. The normalized spacial score (nSPS) is 11.7. The number of hydrogen-bond acceptors (Lipinski definition) is 2. The first kappa shape index (κ1) is 22.0. The van der Waals surface area contributed by atoms with E-state index in [1.807, 2.05) is 63.2 Å². The van der Waals surface area contributed by atoms with Crippen molar-refractivity contribution in [1.82, 2.24) is 10.2 Å². The summed E-state index contributed by atoms with van der Waals surface area (Å²) in [7, 11) is 0. The molecular weight excluding hydrogens is 372 g/mol. The molecule has 0 fully saturated rings. The minimum atomic E-state index is -0.512. The molecular formula is C23H29ClN2O2. The van der Waals surface area contributed by atoms with Crippen molar-refractivity contribution in [3.05, 3.63) is 70.2 Å². The standard InChI is InChI=1S/C23H29ClN2O2/c1-4-21(23(28)25-5-2)26(16-19-8-6-7-9-20(19)24)22(27)15-14-18-12-10-17(3)11-13-18/h6-13,21H,4-5,14-16H2,1-3H3,(H,25,28). The van der Waals surface area contributed by atoms with E-state index in [2.05, 4.69) is 5.32 Å².